The van der Waals surface area contributed by atoms with Crippen molar-refractivity contribution in [1.29, 1.82) is 0 Å². The molecule has 0 spiro atoms. The van der Waals surface area contributed by atoms with Crippen molar-refractivity contribution in [2.45, 2.75) is 33.2 Å². The lowest BCUT2D eigenvalue weighted by Gasteiger charge is -2.19. The molecule has 1 aromatic rings. The molecule has 0 aliphatic heterocycles. The van der Waals surface area contributed by atoms with Crippen molar-refractivity contribution in [3.8, 4) is 0 Å². The molecular weight excluding hydrogens is 336 g/mol. The molecule has 0 aliphatic carbocycles. The number of hydrogen-bond acceptors (Lipinski definition) is 4. The number of amides is 1. The van der Waals surface area contributed by atoms with Crippen LogP contribution < -0.4 is 16.2 Å². The molecule has 114 valence electrons. The number of rotatable bonds is 3. The lowest BCUT2D eigenvalue weighted by Crippen LogP contribution is -2.39. The molecule has 6 heteroatoms. The van der Waals surface area contributed by atoms with Crippen LogP contribution in [0.2, 0.25) is 0 Å². The summed E-state index contributed by atoms with van der Waals surface area (Å²) >= 11 is 3.22. The van der Waals surface area contributed by atoms with Crippen LogP contribution in [0, 0.1) is 0 Å². The van der Waals surface area contributed by atoms with Crippen molar-refractivity contribution in [1.82, 2.24) is 5.32 Å². The molecule has 0 atom stereocenters. The van der Waals surface area contributed by atoms with Crippen LogP contribution in [0.15, 0.2) is 22.7 Å². The van der Waals surface area contributed by atoms with Gasteiger partial charge in [-0.05, 0) is 45.4 Å². The van der Waals surface area contributed by atoms with Gasteiger partial charge in [0.2, 0.25) is 5.91 Å². The van der Waals surface area contributed by atoms with Crippen molar-refractivity contribution < 1.29 is 14.7 Å². The number of hydrogen-bond donors (Lipinski definition) is 2. The van der Waals surface area contributed by atoms with Crippen LogP contribution in [0.25, 0.3) is 5.57 Å². The van der Waals surface area contributed by atoms with E-state index in [9.17, 15) is 14.7 Å². The van der Waals surface area contributed by atoms with Crippen LogP contribution in [0.3, 0.4) is 0 Å². The van der Waals surface area contributed by atoms with E-state index in [1.54, 1.807) is 13.0 Å². The van der Waals surface area contributed by atoms with Gasteiger partial charge in [-0.25, -0.2) is 0 Å². The zero-order valence-electron chi connectivity index (χ0n) is 12.4. The van der Waals surface area contributed by atoms with Crippen molar-refractivity contribution in [3.05, 3.63) is 33.8 Å². The molecule has 0 saturated heterocycles. The Hall–Kier alpha value is -1.82. The summed E-state index contributed by atoms with van der Waals surface area (Å²) in [6, 6.07) is 3.04. The Labute approximate surface area is 132 Å². The summed E-state index contributed by atoms with van der Waals surface area (Å²) in [5.41, 5.74) is 6.51. The van der Waals surface area contributed by atoms with Gasteiger partial charge in [0.1, 0.15) is 0 Å². The quantitative estimate of drug-likeness (QED) is 0.638. The van der Waals surface area contributed by atoms with Gasteiger partial charge in [0.25, 0.3) is 0 Å². The molecule has 21 heavy (non-hydrogen) atoms. The second kappa shape index (κ2) is 6.30. The number of carboxylic acid groups (broad SMARTS) is 1. The average molecular weight is 354 g/mol. The van der Waals surface area contributed by atoms with Crippen molar-refractivity contribution in [2.75, 3.05) is 5.73 Å². The van der Waals surface area contributed by atoms with Crippen LogP contribution in [0.1, 0.15) is 43.6 Å². The van der Waals surface area contributed by atoms with Gasteiger partial charge in [0.15, 0.2) is 0 Å². The molecule has 0 heterocycles. The largest absolute Gasteiger partial charge is 0.545 e. The first-order valence-corrected chi connectivity index (χ1v) is 7.12. The van der Waals surface area contributed by atoms with E-state index in [0.717, 1.165) is 0 Å². The number of carboxylic acids is 1. The third-order valence-corrected chi connectivity index (χ3v) is 3.09. The van der Waals surface area contributed by atoms with E-state index in [4.69, 9.17) is 5.73 Å². The number of halogens is 1. The maximum absolute atomic E-state index is 11.9. The third-order valence-electron chi connectivity index (χ3n) is 2.64. The minimum Gasteiger partial charge on any atom is -0.545 e. The highest BCUT2D eigenvalue weighted by Crippen LogP contribution is 2.28. The summed E-state index contributed by atoms with van der Waals surface area (Å²) < 4.78 is 0.551. The van der Waals surface area contributed by atoms with Crippen LogP contribution in [-0.4, -0.2) is 17.4 Å². The first kappa shape index (κ1) is 17.2. The molecule has 0 bridgehead atoms. The predicted molar refractivity (Wildman–Crippen MR) is 84.4 cm³/mol. The van der Waals surface area contributed by atoms with E-state index < -0.39 is 5.97 Å². The Morgan fingerprint density at radius 3 is 2.29 bits per heavy atom. The van der Waals surface area contributed by atoms with Crippen molar-refractivity contribution in [2.24, 2.45) is 0 Å². The number of benzene rings is 1. The first-order chi connectivity index (χ1) is 9.51. The lowest BCUT2D eigenvalue weighted by atomic mass is 10.0. The second-order valence-electron chi connectivity index (χ2n) is 5.77. The maximum Gasteiger partial charge on any atom is 0.244 e. The number of anilines is 1. The SMILES string of the molecule is CC(=CC(=O)NC(C)(C)C)c1cc(Br)cc(C(=O)[O-])c1N. The normalized spacial score (nSPS) is 12.1. The number of carbonyl (C=O) groups excluding carboxylic acids is 2. The van der Waals surface area contributed by atoms with Crippen LogP contribution in [0.5, 0.6) is 0 Å². The topological polar surface area (TPSA) is 95.2 Å². The van der Waals surface area contributed by atoms with Gasteiger partial charge in [-0.2, -0.15) is 0 Å². The van der Waals surface area contributed by atoms with E-state index in [2.05, 4.69) is 21.2 Å². The van der Waals surface area contributed by atoms with E-state index in [-0.39, 0.29) is 22.7 Å². The molecule has 1 rings (SSSR count). The Balaban J connectivity index is 3.21. The van der Waals surface area contributed by atoms with Crippen molar-refractivity contribution >= 4 is 39.1 Å². The molecule has 0 radical (unpaired) electrons. The minimum atomic E-state index is -1.36. The van der Waals surface area contributed by atoms with E-state index in [0.29, 0.717) is 15.6 Å². The molecule has 1 aromatic carbocycles. The van der Waals surface area contributed by atoms with Gasteiger partial charge in [0.05, 0.1) is 5.97 Å². The Morgan fingerprint density at radius 2 is 1.81 bits per heavy atom. The van der Waals surface area contributed by atoms with Crippen molar-refractivity contribution in [3.63, 3.8) is 0 Å². The van der Waals surface area contributed by atoms with Gasteiger partial charge < -0.3 is 21.0 Å². The lowest BCUT2D eigenvalue weighted by molar-refractivity contribution is -0.254. The first-order valence-electron chi connectivity index (χ1n) is 6.32. The molecule has 0 aliphatic rings. The van der Waals surface area contributed by atoms with Crippen LogP contribution in [0.4, 0.5) is 5.69 Å². The van der Waals surface area contributed by atoms with Crippen LogP contribution in [-0.2, 0) is 4.79 Å². The molecule has 0 saturated carbocycles. The standard InChI is InChI=1S/C15H19BrN2O3/c1-8(5-12(19)18-15(2,3)4)10-6-9(16)7-11(13(10)17)14(20)21/h5-7H,17H2,1-4H3,(H,18,19)(H,20,21)/p-1. The molecule has 0 aromatic heterocycles. The van der Waals surface area contributed by atoms with Gasteiger partial charge in [0, 0.05) is 32.9 Å². The maximum atomic E-state index is 11.9. The number of aromatic carboxylic acids is 1. The number of nitrogens with one attached hydrogen (secondary N) is 1. The van der Waals surface area contributed by atoms with E-state index >= 15 is 0 Å². The Kier molecular flexibility index (Phi) is 5.17. The smallest absolute Gasteiger partial charge is 0.244 e. The highest BCUT2D eigenvalue weighted by Gasteiger charge is 2.14. The predicted octanol–water partition coefficient (Wildman–Crippen LogP) is 1.71. The summed E-state index contributed by atoms with van der Waals surface area (Å²) in [6.45, 7) is 7.31. The fraction of sp³-hybridized carbons (Fsp3) is 0.333. The molecule has 1 amide bonds. The zero-order valence-corrected chi connectivity index (χ0v) is 14.0. The van der Waals surface area contributed by atoms with E-state index in [1.807, 2.05) is 20.8 Å². The monoisotopic (exact) mass is 353 g/mol. The Bertz CT molecular complexity index is 616. The summed E-state index contributed by atoms with van der Waals surface area (Å²) in [7, 11) is 0. The number of allylic oxidation sites excluding steroid dienone is 1. The molecular formula is C15H18BrN2O3-. The van der Waals surface area contributed by atoms with Gasteiger partial charge in [-0.15, -0.1) is 0 Å². The molecule has 0 unspecified atom stereocenters. The summed E-state index contributed by atoms with van der Waals surface area (Å²) in [5, 5.41) is 13.8. The number of nitrogens with two attached hydrogens (primary N) is 1. The number of carbonyl (C=O) groups is 2. The molecule has 5 nitrogen and oxygen atoms in total. The minimum absolute atomic E-state index is 0.0792. The molecule has 3 N–H and O–H groups in total. The highest BCUT2D eigenvalue weighted by molar-refractivity contribution is 9.10. The van der Waals surface area contributed by atoms with Gasteiger partial charge in [-0.3, -0.25) is 4.79 Å². The fourth-order valence-corrected chi connectivity index (χ4v) is 2.25. The zero-order chi connectivity index (χ0) is 16.4. The number of nitrogen functional groups attached to an aromatic ring is 1. The Morgan fingerprint density at radius 1 is 1.29 bits per heavy atom. The summed E-state index contributed by atoms with van der Waals surface area (Å²) in [5.74, 6) is -1.63. The highest BCUT2D eigenvalue weighted by atomic mass is 79.9. The summed E-state index contributed by atoms with van der Waals surface area (Å²) in [4.78, 5) is 22.9. The summed E-state index contributed by atoms with van der Waals surface area (Å²) in [6.07, 6.45) is 1.39. The van der Waals surface area contributed by atoms with Crippen LogP contribution >= 0.6 is 15.9 Å². The van der Waals surface area contributed by atoms with E-state index in [1.165, 1.54) is 12.1 Å². The van der Waals surface area contributed by atoms with Gasteiger partial charge in [-0.1, -0.05) is 15.9 Å². The van der Waals surface area contributed by atoms with Gasteiger partial charge >= 0.3 is 0 Å². The fourth-order valence-electron chi connectivity index (χ4n) is 1.79. The third kappa shape index (κ3) is 4.90. The molecule has 0 fully saturated rings. The average Bonchev–Trinajstić information content (AvgIpc) is 2.28. The second-order valence-corrected chi connectivity index (χ2v) is 6.68.